The van der Waals surface area contributed by atoms with Gasteiger partial charge in [-0.1, -0.05) is 36.4 Å². The number of aromatic hydroxyl groups is 1. The van der Waals surface area contributed by atoms with Gasteiger partial charge in [0.25, 0.3) is 0 Å². The third kappa shape index (κ3) is 3.95. The summed E-state index contributed by atoms with van der Waals surface area (Å²) in [6, 6.07) is 15.6. The summed E-state index contributed by atoms with van der Waals surface area (Å²) < 4.78 is 23.9. The van der Waals surface area contributed by atoms with E-state index in [0.717, 1.165) is 16.3 Å². The van der Waals surface area contributed by atoms with Crippen LogP contribution < -0.4 is 0 Å². The van der Waals surface area contributed by atoms with Crippen LogP contribution in [0.15, 0.2) is 54.6 Å². The Bertz CT molecular complexity index is 1030. The Hall–Kier alpha value is -2.96. The van der Waals surface area contributed by atoms with Crippen molar-refractivity contribution in [2.24, 2.45) is 0 Å². The molecule has 0 spiro atoms. The lowest BCUT2D eigenvalue weighted by molar-refractivity contribution is -0.0330. The standard InChI is InChI=1S/C23H22FNO4/c1-28-23(27)19-12-16-4-2-3-5-18(16)20(22(19)26)13-25-10-11-29-21(14-25)15-6-8-17(24)9-7-15/h2-9,12,21,26H,10-11,13-14H2,1H3/t21-/m1/s1. The first-order valence-corrected chi connectivity index (χ1v) is 9.48. The zero-order valence-corrected chi connectivity index (χ0v) is 16.1. The molecule has 1 heterocycles. The summed E-state index contributed by atoms with van der Waals surface area (Å²) in [6.07, 6.45) is -0.179. The summed E-state index contributed by atoms with van der Waals surface area (Å²) in [5, 5.41) is 12.6. The second kappa shape index (κ2) is 8.19. The van der Waals surface area contributed by atoms with Crippen LogP contribution in [0.1, 0.15) is 27.6 Å². The van der Waals surface area contributed by atoms with E-state index in [2.05, 4.69) is 4.90 Å². The van der Waals surface area contributed by atoms with Crippen LogP contribution in [0.5, 0.6) is 5.75 Å². The van der Waals surface area contributed by atoms with Crippen molar-refractivity contribution in [1.29, 1.82) is 0 Å². The number of fused-ring (bicyclic) bond motifs is 1. The van der Waals surface area contributed by atoms with E-state index in [0.29, 0.717) is 31.8 Å². The zero-order chi connectivity index (χ0) is 20.4. The number of phenols is 1. The first-order valence-electron chi connectivity index (χ1n) is 9.48. The maximum atomic E-state index is 13.2. The minimum absolute atomic E-state index is 0.0552. The average Bonchev–Trinajstić information content (AvgIpc) is 2.75. The Balaban J connectivity index is 1.65. The van der Waals surface area contributed by atoms with Gasteiger partial charge in [0.15, 0.2) is 0 Å². The number of nitrogens with zero attached hydrogens (tertiary/aromatic N) is 1. The zero-order valence-electron chi connectivity index (χ0n) is 16.1. The number of carbonyl (C=O) groups excluding carboxylic acids is 1. The summed E-state index contributed by atoms with van der Waals surface area (Å²) in [4.78, 5) is 14.3. The second-order valence-corrected chi connectivity index (χ2v) is 7.11. The van der Waals surface area contributed by atoms with Crippen molar-refractivity contribution in [3.05, 3.63) is 77.1 Å². The van der Waals surface area contributed by atoms with Crippen LogP contribution in [0.2, 0.25) is 0 Å². The van der Waals surface area contributed by atoms with E-state index in [1.165, 1.54) is 19.2 Å². The predicted molar refractivity (Wildman–Crippen MR) is 107 cm³/mol. The van der Waals surface area contributed by atoms with Gasteiger partial charge in [0.05, 0.1) is 19.8 Å². The highest BCUT2D eigenvalue weighted by Crippen LogP contribution is 2.34. The van der Waals surface area contributed by atoms with Gasteiger partial charge in [0.1, 0.15) is 17.1 Å². The number of hydrogen-bond acceptors (Lipinski definition) is 5. The molecule has 1 atom stereocenters. The van der Waals surface area contributed by atoms with Crippen molar-refractivity contribution in [1.82, 2.24) is 4.90 Å². The number of rotatable bonds is 4. The highest BCUT2D eigenvalue weighted by molar-refractivity contribution is 6.00. The smallest absolute Gasteiger partial charge is 0.341 e. The Labute approximate surface area is 168 Å². The molecule has 0 unspecified atom stereocenters. The lowest BCUT2D eigenvalue weighted by atomic mass is 9.98. The first kappa shape index (κ1) is 19.4. The minimum atomic E-state index is -0.569. The summed E-state index contributed by atoms with van der Waals surface area (Å²) >= 11 is 0. The molecule has 1 saturated heterocycles. The van der Waals surface area contributed by atoms with E-state index in [1.54, 1.807) is 18.2 Å². The molecule has 1 fully saturated rings. The summed E-state index contributed by atoms with van der Waals surface area (Å²) in [7, 11) is 1.30. The number of methoxy groups -OCH3 is 1. The molecule has 150 valence electrons. The fourth-order valence-electron chi connectivity index (χ4n) is 3.79. The number of morpholine rings is 1. The van der Waals surface area contributed by atoms with E-state index < -0.39 is 5.97 Å². The van der Waals surface area contributed by atoms with Crippen LogP contribution in [0.4, 0.5) is 4.39 Å². The topological polar surface area (TPSA) is 59.0 Å². The van der Waals surface area contributed by atoms with Crippen molar-refractivity contribution >= 4 is 16.7 Å². The number of carbonyl (C=O) groups is 1. The van der Waals surface area contributed by atoms with Crippen LogP contribution in [0, 0.1) is 5.82 Å². The highest BCUT2D eigenvalue weighted by atomic mass is 19.1. The Kier molecular flexibility index (Phi) is 5.47. The molecule has 5 nitrogen and oxygen atoms in total. The van der Waals surface area contributed by atoms with Crippen LogP contribution in [0.3, 0.4) is 0 Å². The van der Waals surface area contributed by atoms with Gasteiger partial charge in [-0.3, -0.25) is 4.90 Å². The summed E-state index contributed by atoms with van der Waals surface area (Å²) in [5.74, 6) is -0.904. The number of halogens is 1. The van der Waals surface area contributed by atoms with Gasteiger partial charge in [0.2, 0.25) is 0 Å². The van der Waals surface area contributed by atoms with E-state index in [-0.39, 0.29) is 23.2 Å². The van der Waals surface area contributed by atoms with E-state index in [1.807, 2.05) is 24.3 Å². The molecule has 6 heteroatoms. The molecule has 4 rings (SSSR count). The van der Waals surface area contributed by atoms with Crippen molar-refractivity contribution in [3.8, 4) is 5.75 Å². The molecule has 3 aromatic rings. The SMILES string of the molecule is COC(=O)c1cc2ccccc2c(CN2CCO[C@@H](c3ccc(F)cc3)C2)c1O. The van der Waals surface area contributed by atoms with E-state index >= 15 is 0 Å². The number of benzene rings is 3. The molecule has 1 N–H and O–H groups in total. The molecule has 3 aromatic carbocycles. The first-order chi connectivity index (χ1) is 14.1. The fraction of sp³-hybridized carbons (Fsp3) is 0.261. The normalized spacial score (nSPS) is 17.4. The molecule has 0 radical (unpaired) electrons. The third-order valence-corrected chi connectivity index (χ3v) is 5.31. The quantitative estimate of drug-likeness (QED) is 0.676. The van der Waals surface area contributed by atoms with Crippen molar-refractivity contribution in [3.63, 3.8) is 0 Å². The maximum absolute atomic E-state index is 13.2. The lowest BCUT2D eigenvalue weighted by Crippen LogP contribution is -2.37. The monoisotopic (exact) mass is 395 g/mol. The number of hydrogen-bond donors (Lipinski definition) is 1. The van der Waals surface area contributed by atoms with E-state index in [4.69, 9.17) is 9.47 Å². The minimum Gasteiger partial charge on any atom is -0.507 e. The molecular formula is C23H22FNO4. The molecule has 29 heavy (non-hydrogen) atoms. The van der Waals surface area contributed by atoms with Gasteiger partial charge in [-0.25, -0.2) is 9.18 Å². The van der Waals surface area contributed by atoms with Crippen LogP contribution >= 0.6 is 0 Å². The summed E-state index contributed by atoms with van der Waals surface area (Å²) in [6.45, 7) is 2.27. The third-order valence-electron chi connectivity index (χ3n) is 5.31. The average molecular weight is 395 g/mol. The van der Waals surface area contributed by atoms with Crippen LogP contribution in [0.25, 0.3) is 10.8 Å². The van der Waals surface area contributed by atoms with Crippen molar-refractivity contribution in [2.75, 3.05) is 26.8 Å². The van der Waals surface area contributed by atoms with Gasteiger partial charge in [-0.15, -0.1) is 0 Å². The Morgan fingerprint density at radius 2 is 2.00 bits per heavy atom. The van der Waals surface area contributed by atoms with E-state index in [9.17, 15) is 14.3 Å². The largest absolute Gasteiger partial charge is 0.507 e. The highest BCUT2D eigenvalue weighted by Gasteiger charge is 2.25. The molecule has 1 aliphatic heterocycles. The van der Waals surface area contributed by atoms with Gasteiger partial charge < -0.3 is 14.6 Å². The Morgan fingerprint density at radius 1 is 1.24 bits per heavy atom. The molecule has 0 saturated carbocycles. The summed E-state index contributed by atoms with van der Waals surface area (Å²) in [5.41, 5.74) is 1.75. The van der Waals surface area contributed by atoms with Gasteiger partial charge in [-0.05, 0) is 34.5 Å². The second-order valence-electron chi connectivity index (χ2n) is 7.11. The van der Waals surface area contributed by atoms with Gasteiger partial charge >= 0.3 is 5.97 Å². The number of esters is 1. The predicted octanol–water partition coefficient (Wildman–Crippen LogP) is 4.04. The van der Waals surface area contributed by atoms with Crippen LogP contribution in [-0.2, 0) is 16.0 Å². The van der Waals surface area contributed by atoms with Gasteiger partial charge in [-0.2, -0.15) is 0 Å². The lowest BCUT2D eigenvalue weighted by Gasteiger charge is -2.33. The maximum Gasteiger partial charge on any atom is 0.341 e. The van der Waals surface area contributed by atoms with Crippen molar-refractivity contribution in [2.45, 2.75) is 12.6 Å². The van der Waals surface area contributed by atoms with Crippen molar-refractivity contribution < 1.29 is 23.8 Å². The van der Waals surface area contributed by atoms with Gasteiger partial charge in [0, 0.05) is 25.2 Å². The Morgan fingerprint density at radius 3 is 2.76 bits per heavy atom. The molecule has 1 aliphatic rings. The number of ether oxygens (including phenoxy) is 2. The van der Waals surface area contributed by atoms with Crippen LogP contribution in [-0.4, -0.2) is 42.8 Å². The molecular weight excluding hydrogens is 373 g/mol. The molecule has 0 amide bonds. The molecule has 0 bridgehead atoms. The fourth-order valence-corrected chi connectivity index (χ4v) is 3.79. The molecule has 0 aromatic heterocycles. The molecule has 0 aliphatic carbocycles. The number of phenolic OH excluding ortho intramolecular Hbond substituents is 1.